The van der Waals surface area contributed by atoms with Gasteiger partial charge in [-0.15, -0.1) is 11.3 Å². The third-order valence-electron chi connectivity index (χ3n) is 2.94. The van der Waals surface area contributed by atoms with E-state index in [2.05, 4.69) is 10.3 Å². The Morgan fingerprint density at radius 2 is 2.24 bits per heavy atom. The van der Waals surface area contributed by atoms with Crippen LogP contribution in [0.4, 0.5) is 4.39 Å². The van der Waals surface area contributed by atoms with E-state index in [9.17, 15) is 14.3 Å². The minimum absolute atomic E-state index is 0.00399. The highest BCUT2D eigenvalue weighted by molar-refractivity contribution is 7.13. The summed E-state index contributed by atoms with van der Waals surface area (Å²) in [5.74, 6) is -0.931. The van der Waals surface area contributed by atoms with Crippen LogP contribution in [0.2, 0.25) is 5.02 Å². The molecule has 2 aromatic rings. The zero-order valence-corrected chi connectivity index (χ0v) is 13.1. The van der Waals surface area contributed by atoms with Gasteiger partial charge in [0.05, 0.1) is 28.4 Å². The number of benzene rings is 1. The molecular formula is C14H14ClFN2O2S. The summed E-state index contributed by atoms with van der Waals surface area (Å²) in [7, 11) is 0. The molecule has 0 aliphatic carbocycles. The van der Waals surface area contributed by atoms with Crippen LogP contribution in [0.5, 0.6) is 0 Å². The Labute approximate surface area is 130 Å². The van der Waals surface area contributed by atoms with E-state index < -0.39 is 11.9 Å². The van der Waals surface area contributed by atoms with Crippen molar-refractivity contribution in [3.05, 3.63) is 50.2 Å². The number of halogens is 2. The maximum absolute atomic E-state index is 13.5. The van der Waals surface area contributed by atoms with Crippen molar-refractivity contribution in [3.63, 3.8) is 0 Å². The van der Waals surface area contributed by atoms with E-state index in [1.54, 1.807) is 13.0 Å². The number of nitrogens with zero attached hydrogens (tertiary/aromatic N) is 1. The van der Waals surface area contributed by atoms with E-state index in [0.717, 1.165) is 5.01 Å². The fourth-order valence-electron chi connectivity index (χ4n) is 1.93. The summed E-state index contributed by atoms with van der Waals surface area (Å²) in [5.41, 5.74) is 1.08. The summed E-state index contributed by atoms with van der Waals surface area (Å²) in [5, 5.41) is 12.9. The van der Waals surface area contributed by atoms with Gasteiger partial charge in [0.15, 0.2) is 0 Å². The van der Waals surface area contributed by atoms with E-state index in [-0.39, 0.29) is 17.5 Å². The molecule has 0 fully saturated rings. The first kappa shape index (κ1) is 15.9. The molecule has 2 N–H and O–H groups in total. The second-order valence-corrected chi connectivity index (χ2v) is 6.14. The standard InChI is InChI=1S/C14H14ClFN2O2S/c1-7-13(21-8(2)17-7)14(20)18-12(6-19)9-3-4-10(15)11(16)5-9/h3-5,12,19H,6H2,1-2H3,(H,18,20)/t12-/m0/s1. The summed E-state index contributed by atoms with van der Waals surface area (Å²) in [4.78, 5) is 16.9. The smallest absolute Gasteiger partial charge is 0.263 e. The Morgan fingerprint density at radius 3 is 2.76 bits per heavy atom. The highest BCUT2D eigenvalue weighted by Crippen LogP contribution is 2.22. The Balaban J connectivity index is 2.20. The number of carbonyl (C=O) groups excluding carboxylic acids is 1. The average molecular weight is 329 g/mol. The fraction of sp³-hybridized carbons (Fsp3) is 0.286. The molecule has 0 spiro atoms. The number of hydrogen-bond donors (Lipinski definition) is 2. The number of amides is 1. The van der Waals surface area contributed by atoms with E-state index in [4.69, 9.17) is 11.6 Å². The van der Waals surface area contributed by atoms with Crippen molar-refractivity contribution < 1.29 is 14.3 Å². The number of aliphatic hydroxyl groups excluding tert-OH is 1. The van der Waals surface area contributed by atoms with E-state index in [1.165, 1.54) is 23.5 Å². The van der Waals surface area contributed by atoms with Crippen molar-refractivity contribution in [2.75, 3.05) is 6.61 Å². The molecule has 1 atom stereocenters. The highest BCUT2D eigenvalue weighted by Gasteiger charge is 2.19. The van der Waals surface area contributed by atoms with Gasteiger partial charge in [0, 0.05) is 0 Å². The molecule has 1 amide bonds. The Hall–Kier alpha value is -1.50. The SMILES string of the molecule is Cc1nc(C)c(C(=O)N[C@@H](CO)c2ccc(Cl)c(F)c2)s1. The molecule has 0 unspecified atom stereocenters. The lowest BCUT2D eigenvalue weighted by molar-refractivity contribution is 0.0919. The number of aromatic nitrogens is 1. The average Bonchev–Trinajstić information content (AvgIpc) is 2.78. The summed E-state index contributed by atoms with van der Waals surface area (Å²) in [6.07, 6.45) is 0. The number of nitrogens with one attached hydrogen (secondary N) is 1. The summed E-state index contributed by atoms with van der Waals surface area (Å²) in [6.45, 7) is 3.21. The lowest BCUT2D eigenvalue weighted by Crippen LogP contribution is -2.30. The molecule has 112 valence electrons. The Morgan fingerprint density at radius 1 is 1.52 bits per heavy atom. The Bertz CT molecular complexity index is 675. The van der Waals surface area contributed by atoms with Crippen LogP contribution in [0.1, 0.15) is 32.0 Å². The van der Waals surface area contributed by atoms with Gasteiger partial charge in [0.1, 0.15) is 10.7 Å². The van der Waals surface area contributed by atoms with Gasteiger partial charge < -0.3 is 10.4 Å². The van der Waals surface area contributed by atoms with Gasteiger partial charge in [-0.3, -0.25) is 4.79 Å². The first-order chi connectivity index (χ1) is 9.92. The molecule has 1 aromatic heterocycles. The first-order valence-corrected chi connectivity index (χ1v) is 7.42. The molecule has 0 aliphatic heterocycles. The molecule has 0 radical (unpaired) electrons. The van der Waals surface area contributed by atoms with Crippen molar-refractivity contribution in [2.24, 2.45) is 0 Å². The third-order valence-corrected chi connectivity index (χ3v) is 4.32. The van der Waals surface area contributed by atoms with Crippen LogP contribution in [-0.4, -0.2) is 22.6 Å². The van der Waals surface area contributed by atoms with E-state index in [1.807, 2.05) is 6.92 Å². The number of hydrogen-bond acceptors (Lipinski definition) is 4. The van der Waals surface area contributed by atoms with Gasteiger partial charge in [-0.25, -0.2) is 9.37 Å². The van der Waals surface area contributed by atoms with Crippen LogP contribution >= 0.6 is 22.9 Å². The lowest BCUT2D eigenvalue weighted by atomic mass is 10.1. The molecule has 0 saturated heterocycles. The maximum Gasteiger partial charge on any atom is 0.263 e. The molecule has 4 nitrogen and oxygen atoms in total. The topological polar surface area (TPSA) is 62.2 Å². The predicted octanol–water partition coefficient (Wildman–Crippen LogP) is 3.02. The van der Waals surface area contributed by atoms with E-state index in [0.29, 0.717) is 16.1 Å². The van der Waals surface area contributed by atoms with Gasteiger partial charge >= 0.3 is 0 Å². The molecule has 2 rings (SSSR count). The van der Waals surface area contributed by atoms with Gasteiger partial charge in [-0.1, -0.05) is 17.7 Å². The summed E-state index contributed by atoms with van der Waals surface area (Å²) < 4.78 is 13.5. The minimum atomic E-state index is -0.703. The van der Waals surface area contributed by atoms with Crippen LogP contribution in [0.25, 0.3) is 0 Å². The van der Waals surface area contributed by atoms with Gasteiger partial charge in [0.25, 0.3) is 5.91 Å². The summed E-state index contributed by atoms with van der Waals surface area (Å²) >= 11 is 6.90. The van der Waals surface area contributed by atoms with Crippen LogP contribution in [0.3, 0.4) is 0 Å². The minimum Gasteiger partial charge on any atom is -0.394 e. The van der Waals surface area contributed by atoms with Gasteiger partial charge in [-0.2, -0.15) is 0 Å². The molecular weight excluding hydrogens is 315 g/mol. The fourth-order valence-corrected chi connectivity index (χ4v) is 2.87. The largest absolute Gasteiger partial charge is 0.394 e. The molecule has 0 saturated carbocycles. The van der Waals surface area contributed by atoms with Crippen LogP contribution in [0.15, 0.2) is 18.2 Å². The quantitative estimate of drug-likeness (QED) is 0.907. The molecule has 1 aromatic carbocycles. The molecule has 0 aliphatic rings. The van der Waals surface area contributed by atoms with Crippen LogP contribution in [-0.2, 0) is 0 Å². The monoisotopic (exact) mass is 328 g/mol. The second kappa shape index (κ2) is 6.51. The molecule has 21 heavy (non-hydrogen) atoms. The third kappa shape index (κ3) is 3.58. The number of carbonyl (C=O) groups is 1. The van der Waals surface area contributed by atoms with Gasteiger partial charge in [-0.05, 0) is 31.5 Å². The van der Waals surface area contributed by atoms with Crippen molar-refractivity contribution in [3.8, 4) is 0 Å². The van der Waals surface area contributed by atoms with Crippen molar-refractivity contribution in [1.29, 1.82) is 0 Å². The normalized spacial score (nSPS) is 12.2. The zero-order chi connectivity index (χ0) is 15.6. The molecule has 7 heteroatoms. The predicted molar refractivity (Wildman–Crippen MR) is 80.3 cm³/mol. The first-order valence-electron chi connectivity index (χ1n) is 6.23. The lowest BCUT2D eigenvalue weighted by Gasteiger charge is -2.16. The number of aryl methyl sites for hydroxylation is 2. The van der Waals surface area contributed by atoms with Crippen molar-refractivity contribution in [1.82, 2.24) is 10.3 Å². The van der Waals surface area contributed by atoms with Crippen LogP contribution in [0, 0.1) is 19.7 Å². The van der Waals surface area contributed by atoms with Crippen molar-refractivity contribution >= 4 is 28.8 Å². The Kier molecular flexibility index (Phi) is 4.92. The number of thiazole rings is 1. The highest BCUT2D eigenvalue weighted by atomic mass is 35.5. The van der Waals surface area contributed by atoms with E-state index >= 15 is 0 Å². The van der Waals surface area contributed by atoms with Crippen molar-refractivity contribution in [2.45, 2.75) is 19.9 Å². The number of rotatable bonds is 4. The molecule has 0 bridgehead atoms. The summed E-state index contributed by atoms with van der Waals surface area (Å²) in [6, 6.07) is 3.46. The number of aliphatic hydroxyl groups is 1. The van der Waals surface area contributed by atoms with Crippen LogP contribution < -0.4 is 5.32 Å². The second-order valence-electron chi connectivity index (χ2n) is 4.53. The maximum atomic E-state index is 13.5. The molecule has 1 heterocycles. The zero-order valence-electron chi connectivity index (χ0n) is 11.5. The van der Waals surface area contributed by atoms with Gasteiger partial charge in [0.2, 0.25) is 0 Å².